The molecule has 24 heavy (non-hydrogen) atoms. The van der Waals surface area contributed by atoms with Crippen molar-refractivity contribution in [1.29, 1.82) is 0 Å². The summed E-state index contributed by atoms with van der Waals surface area (Å²) in [6.45, 7) is 1.09. The number of sulfonamides is 1. The largest absolute Gasteiger partial charge is 0.314 e. The molecule has 1 atom stereocenters. The first-order chi connectivity index (χ1) is 11.7. The zero-order valence-corrected chi connectivity index (χ0v) is 13.8. The molecule has 3 heterocycles. The van der Waals surface area contributed by atoms with Gasteiger partial charge in [-0.25, -0.2) is 23.4 Å². The second-order valence-electron chi connectivity index (χ2n) is 5.85. The van der Waals surface area contributed by atoms with Crippen LogP contribution >= 0.6 is 0 Å². The quantitative estimate of drug-likeness (QED) is 0.720. The van der Waals surface area contributed by atoms with Gasteiger partial charge in [-0.1, -0.05) is 18.2 Å². The van der Waals surface area contributed by atoms with Crippen molar-refractivity contribution in [2.45, 2.75) is 30.3 Å². The number of hydrogen-bond donors (Lipinski definition) is 0. The molecule has 2 aromatic heterocycles. The molecule has 0 spiro atoms. The lowest BCUT2D eigenvalue weighted by atomic mass is 10.2. The van der Waals surface area contributed by atoms with E-state index in [0.717, 1.165) is 18.5 Å². The van der Waals surface area contributed by atoms with E-state index in [0.29, 0.717) is 23.5 Å². The van der Waals surface area contributed by atoms with Gasteiger partial charge in [0.15, 0.2) is 5.65 Å². The maximum absolute atomic E-state index is 12.9. The summed E-state index contributed by atoms with van der Waals surface area (Å²) in [5.74, 6) is 0. The first kappa shape index (κ1) is 15.2. The normalized spacial score (nSPS) is 19.1. The van der Waals surface area contributed by atoms with Crippen LogP contribution in [0.2, 0.25) is 0 Å². The highest BCUT2D eigenvalue weighted by Crippen LogP contribution is 2.27. The Labute approximate surface area is 140 Å². The molecule has 0 unspecified atom stereocenters. The summed E-state index contributed by atoms with van der Waals surface area (Å²) >= 11 is 0. The number of rotatable bonds is 4. The van der Waals surface area contributed by atoms with Crippen molar-refractivity contribution < 1.29 is 8.42 Å². The van der Waals surface area contributed by atoms with E-state index in [2.05, 4.69) is 15.0 Å². The molecular weight excluding hydrogens is 326 g/mol. The Kier molecular flexibility index (Phi) is 3.78. The van der Waals surface area contributed by atoms with E-state index in [9.17, 15) is 8.42 Å². The smallest absolute Gasteiger partial charge is 0.243 e. The van der Waals surface area contributed by atoms with E-state index in [1.54, 1.807) is 41.1 Å². The lowest BCUT2D eigenvalue weighted by molar-refractivity contribution is 0.354. The Balaban J connectivity index is 1.64. The predicted molar refractivity (Wildman–Crippen MR) is 88.7 cm³/mol. The minimum absolute atomic E-state index is 0.0948. The van der Waals surface area contributed by atoms with Crippen molar-refractivity contribution in [3.05, 3.63) is 49.2 Å². The zero-order chi connectivity index (χ0) is 16.6. The van der Waals surface area contributed by atoms with Gasteiger partial charge in [-0.15, -0.1) is 0 Å². The average molecular weight is 343 g/mol. The van der Waals surface area contributed by atoms with Gasteiger partial charge in [-0.05, 0) is 25.0 Å². The summed E-state index contributed by atoms with van der Waals surface area (Å²) in [5, 5.41) is 0. The van der Waals surface area contributed by atoms with Crippen molar-refractivity contribution in [2.75, 3.05) is 6.54 Å². The van der Waals surface area contributed by atoms with Crippen LogP contribution in [0, 0.1) is 0 Å². The van der Waals surface area contributed by atoms with Crippen LogP contribution in [-0.4, -0.2) is 44.8 Å². The van der Waals surface area contributed by atoms with E-state index >= 15 is 0 Å². The van der Waals surface area contributed by atoms with Crippen molar-refractivity contribution >= 4 is 21.2 Å². The molecule has 1 aliphatic heterocycles. The molecule has 1 aliphatic rings. The highest BCUT2D eigenvalue weighted by Gasteiger charge is 2.35. The van der Waals surface area contributed by atoms with Crippen molar-refractivity contribution in [1.82, 2.24) is 23.8 Å². The topological polar surface area (TPSA) is 81.0 Å². The van der Waals surface area contributed by atoms with Crippen LogP contribution in [0.3, 0.4) is 0 Å². The summed E-state index contributed by atoms with van der Waals surface area (Å²) in [7, 11) is -3.48. The Hall–Kier alpha value is -2.32. The van der Waals surface area contributed by atoms with Crippen LogP contribution in [0.1, 0.15) is 12.8 Å². The van der Waals surface area contributed by atoms with Crippen LogP contribution in [0.15, 0.2) is 54.1 Å². The molecule has 8 heteroatoms. The van der Waals surface area contributed by atoms with Gasteiger partial charge in [0.1, 0.15) is 11.8 Å². The number of fused-ring (bicyclic) bond motifs is 1. The third kappa shape index (κ3) is 2.57. The summed E-state index contributed by atoms with van der Waals surface area (Å²) in [6, 6.07) is 8.51. The van der Waals surface area contributed by atoms with Crippen LogP contribution in [0.25, 0.3) is 11.2 Å². The SMILES string of the molecule is O=S(=O)(c1ccccc1)N1CCC[C@H]1Cn1cnc2cncnc21. The molecule has 0 saturated carbocycles. The van der Waals surface area contributed by atoms with Crippen molar-refractivity contribution in [3.63, 3.8) is 0 Å². The van der Waals surface area contributed by atoms with Crippen LogP contribution in [-0.2, 0) is 16.6 Å². The summed E-state index contributed by atoms with van der Waals surface area (Å²) < 4.78 is 29.3. The molecule has 0 aliphatic carbocycles. The second-order valence-corrected chi connectivity index (χ2v) is 7.74. The molecule has 4 rings (SSSR count). The van der Waals surface area contributed by atoms with Gasteiger partial charge >= 0.3 is 0 Å². The summed E-state index contributed by atoms with van der Waals surface area (Å²) in [6.07, 6.45) is 6.53. The van der Waals surface area contributed by atoms with Gasteiger partial charge in [-0.2, -0.15) is 4.31 Å². The fraction of sp³-hybridized carbons (Fsp3) is 0.312. The lowest BCUT2D eigenvalue weighted by Gasteiger charge is -2.24. The Bertz CT molecular complexity index is 955. The molecule has 7 nitrogen and oxygen atoms in total. The van der Waals surface area contributed by atoms with E-state index in [1.807, 2.05) is 10.6 Å². The Morgan fingerprint density at radius 1 is 1.17 bits per heavy atom. The zero-order valence-electron chi connectivity index (χ0n) is 13.0. The minimum atomic E-state index is -3.48. The van der Waals surface area contributed by atoms with E-state index in [1.165, 1.54) is 6.33 Å². The first-order valence-electron chi connectivity index (χ1n) is 7.84. The Morgan fingerprint density at radius 3 is 2.83 bits per heavy atom. The van der Waals surface area contributed by atoms with Gasteiger partial charge in [0, 0.05) is 19.1 Å². The summed E-state index contributed by atoms with van der Waals surface area (Å²) in [5.41, 5.74) is 1.45. The van der Waals surface area contributed by atoms with Crippen LogP contribution in [0.5, 0.6) is 0 Å². The molecule has 0 radical (unpaired) electrons. The maximum atomic E-state index is 12.9. The van der Waals surface area contributed by atoms with Gasteiger partial charge in [0.05, 0.1) is 17.4 Å². The van der Waals surface area contributed by atoms with E-state index in [-0.39, 0.29) is 6.04 Å². The fourth-order valence-electron chi connectivity index (χ4n) is 3.21. The van der Waals surface area contributed by atoms with E-state index < -0.39 is 10.0 Å². The van der Waals surface area contributed by atoms with Gasteiger partial charge in [-0.3, -0.25) is 0 Å². The van der Waals surface area contributed by atoms with E-state index in [4.69, 9.17) is 0 Å². The van der Waals surface area contributed by atoms with Gasteiger partial charge < -0.3 is 4.57 Å². The number of aromatic nitrogens is 4. The number of imidazole rings is 1. The molecule has 0 N–H and O–H groups in total. The second kappa shape index (κ2) is 5.95. The molecule has 0 amide bonds. The standard InChI is InChI=1S/C16H17N5O2S/c22-24(23,14-6-2-1-3-7-14)21-8-4-5-13(21)10-20-12-19-15-9-17-11-18-16(15)20/h1-3,6-7,9,11-13H,4-5,8,10H2/t13-/m0/s1. The van der Waals surface area contributed by atoms with Gasteiger partial charge in [0.2, 0.25) is 10.0 Å². The van der Waals surface area contributed by atoms with Crippen molar-refractivity contribution in [3.8, 4) is 0 Å². The van der Waals surface area contributed by atoms with Gasteiger partial charge in [0.25, 0.3) is 0 Å². The molecule has 1 fully saturated rings. The monoisotopic (exact) mass is 343 g/mol. The van der Waals surface area contributed by atoms with Crippen molar-refractivity contribution in [2.24, 2.45) is 0 Å². The first-order valence-corrected chi connectivity index (χ1v) is 9.28. The minimum Gasteiger partial charge on any atom is -0.314 e. The highest BCUT2D eigenvalue weighted by atomic mass is 32.2. The third-order valence-corrected chi connectivity index (χ3v) is 6.33. The molecule has 124 valence electrons. The maximum Gasteiger partial charge on any atom is 0.243 e. The molecule has 3 aromatic rings. The number of nitrogens with zero attached hydrogens (tertiary/aromatic N) is 5. The molecule has 1 aromatic carbocycles. The van der Waals surface area contributed by atoms with Crippen LogP contribution in [0.4, 0.5) is 0 Å². The molecule has 0 bridgehead atoms. The average Bonchev–Trinajstić information content (AvgIpc) is 3.24. The number of benzene rings is 1. The van der Waals surface area contributed by atoms with Crippen LogP contribution < -0.4 is 0 Å². The highest BCUT2D eigenvalue weighted by molar-refractivity contribution is 7.89. The fourth-order valence-corrected chi connectivity index (χ4v) is 4.92. The molecular formula is C16H17N5O2S. The summed E-state index contributed by atoms with van der Waals surface area (Å²) in [4.78, 5) is 12.8. The molecule has 1 saturated heterocycles. The predicted octanol–water partition coefficient (Wildman–Crippen LogP) is 1.68. The number of hydrogen-bond acceptors (Lipinski definition) is 5. The third-order valence-electron chi connectivity index (χ3n) is 4.36. The lowest BCUT2D eigenvalue weighted by Crippen LogP contribution is -2.38. The Morgan fingerprint density at radius 2 is 2.00 bits per heavy atom.